The number of ether oxygens (including phenoxy) is 2. The van der Waals surface area contributed by atoms with Crippen molar-refractivity contribution in [1.29, 1.82) is 0 Å². The average molecular weight is 395 g/mol. The predicted octanol–water partition coefficient (Wildman–Crippen LogP) is 4.57. The quantitative estimate of drug-likeness (QED) is 0.655. The first kappa shape index (κ1) is 20.6. The average Bonchev–Trinajstić information content (AvgIpc) is 3.03. The van der Waals surface area contributed by atoms with Gasteiger partial charge in [0.05, 0.1) is 17.8 Å². The van der Waals surface area contributed by atoms with E-state index in [-0.39, 0.29) is 6.61 Å². The number of aliphatic hydroxyl groups excluding tert-OH is 1. The van der Waals surface area contributed by atoms with E-state index < -0.39 is 23.8 Å². The smallest absolute Gasteiger partial charge is 0.419 e. The van der Waals surface area contributed by atoms with E-state index in [0.29, 0.717) is 16.8 Å². The van der Waals surface area contributed by atoms with Crippen LogP contribution in [0.3, 0.4) is 0 Å². The van der Waals surface area contributed by atoms with E-state index in [0.717, 1.165) is 10.9 Å². The molecule has 29 heavy (non-hydrogen) atoms. The number of hydrogen-bond donors (Lipinski definition) is 1. The zero-order valence-corrected chi connectivity index (χ0v) is 17.0. The van der Waals surface area contributed by atoms with Gasteiger partial charge in [0.15, 0.2) is 6.10 Å². The van der Waals surface area contributed by atoms with Gasteiger partial charge in [-0.1, -0.05) is 36.4 Å². The molecule has 1 unspecified atom stereocenters. The van der Waals surface area contributed by atoms with E-state index in [4.69, 9.17) is 9.47 Å². The van der Waals surface area contributed by atoms with Gasteiger partial charge in [0.25, 0.3) is 0 Å². The molecule has 0 radical (unpaired) electrons. The van der Waals surface area contributed by atoms with E-state index in [2.05, 4.69) is 0 Å². The van der Waals surface area contributed by atoms with Crippen molar-refractivity contribution in [1.82, 2.24) is 4.57 Å². The van der Waals surface area contributed by atoms with Crippen LogP contribution in [0, 0.1) is 0 Å². The molecule has 1 atom stereocenters. The minimum atomic E-state index is -0.786. The van der Waals surface area contributed by atoms with E-state index in [1.54, 1.807) is 45.0 Å². The summed E-state index contributed by atoms with van der Waals surface area (Å²) in [6.07, 6.45) is -1.35. The molecule has 1 N–H and O–H groups in total. The Labute approximate surface area is 169 Å². The minimum Gasteiger partial charge on any atom is -0.451 e. The molecule has 0 saturated carbocycles. The molecule has 6 heteroatoms. The molecular formula is C23H25NO5. The van der Waals surface area contributed by atoms with Gasteiger partial charge < -0.3 is 14.6 Å². The van der Waals surface area contributed by atoms with Crippen LogP contribution in [0.4, 0.5) is 4.79 Å². The van der Waals surface area contributed by atoms with Gasteiger partial charge in [-0.15, -0.1) is 0 Å². The Hall–Kier alpha value is -3.12. The van der Waals surface area contributed by atoms with Crippen LogP contribution >= 0.6 is 0 Å². The summed E-state index contributed by atoms with van der Waals surface area (Å²) in [5.74, 6) is -0.462. The standard InChI is InChI=1S/C23H25NO5/c1-15(26)28-21(17-8-6-5-7-9-17)20-13-18-12-16(14-25)10-11-19(18)24(20)22(27)29-23(2,3)4/h5-13,21,25H,14H2,1-4H3. The van der Waals surface area contributed by atoms with Gasteiger partial charge >= 0.3 is 12.1 Å². The third-order valence-electron chi connectivity index (χ3n) is 4.31. The molecule has 0 spiro atoms. The van der Waals surface area contributed by atoms with E-state index in [1.165, 1.54) is 11.5 Å². The maximum absolute atomic E-state index is 13.1. The highest BCUT2D eigenvalue weighted by molar-refractivity contribution is 5.91. The van der Waals surface area contributed by atoms with Gasteiger partial charge in [-0.05, 0) is 50.1 Å². The molecule has 0 bridgehead atoms. The lowest BCUT2D eigenvalue weighted by Crippen LogP contribution is -2.29. The molecule has 3 aromatic rings. The first-order chi connectivity index (χ1) is 13.7. The maximum Gasteiger partial charge on any atom is 0.419 e. The van der Waals surface area contributed by atoms with Crippen LogP contribution in [0.25, 0.3) is 10.9 Å². The molecule has 3 rings (SSSR count). The number of aliphatic hydroxyl groups is 1. The summed E-state index contributed by atoms with van der Waals surface area (Å²) < 4.78 is 12.7. The van der Waals surface area contributed by atoms with Crippen LogP contribution in [0.5, 0.6) is 0 Å². The summed E-state index contributed by atoms with van der Waals surface area (Å²) in [5.41, 5.74) is 1.84. The van der Waals surface area contributed by atoms with Gasteiger partial charge in [0.2, 0.25) is 0 Å². The maximum atomic E-state index is 13.1. The van der Waals surface area contributed by atoms with Crippen molar-refractivity contribution in [2.75, 3.05) is 0 Å². The highest BCUT2D eigenvalue weighted by Gasteiger charge is 2.28. The first-order valence-electron chi connectivity index (χ1n) is 9.40. The third-order valence-corrected chi connectivity index (χ3v) is 4.31. The molecule has 0 saturated heterocycles. The minimum absolute atomic E-state index is 0.116. The molecule has 6 nitrogen and oxygen atoms in total. The van der Waals surface area contributed by atoms with Gasteiger partial charge in [-0.3, -0.25) is 4.79 Å². The summed E-state index contributed by atoms with van der Waals surface area (Å²) >= 11 is 0. The van der Waals surface area contributed by atoms with Crippen molar-refractivity contribution < 1.29 is 24.2 Å². The third kappa shape index (κ3) is 4.66. The van der Waals surface area contributed by atoms with E-state index in [1.807, 2.05) is 30.3 Å². The molecule has 0 fully saturated rings. The van der Waals surface area contributed by atoms with Gasteiger partial charge in [-0.2, -0.15) is 0 Å². The Morgan fingerprint density at radius 3 is 2.34 bits per heavy atom. The number of benzene rings is 2. The van der Waals surface area contributed by atoms with Crippen molar-refractivity contribution in [2.45, 2.75) is 46.0 Å². The Morgan fingerprint density at radius 1 is 1.07 bits per heavy atom. The Morgan fingerprint density at radius 2 is 1.76 bits per heavy atom. The fourth-order valence-electron chi connectivity index (χ4n) is 3.18. The normalized spacial score (nSPS) is 12.6. The van der Waals surface area contributed by atoms with Crippen molar-refractivity contribution in [3.63, 3.8) is 0 Å². The van der Waals surface area contributed by atoms with Gasteiger partial charge in [0, 0.05) is 12.3 Å². The number of carbonyl (C=O) groups is 2. The predicted molar refractivity (Wildman–Crippen MR) is 110 cm³/mol. The number of aromatic nitrogens is 1. The van der Waals surface area contributed by atoms with Crippen LogP contribution < -0.4 is 0 Å². The monoisotopic (exact) mass is 395 g/mol. The molecule has 0 aliphatic rings. The van der Waals surface area contributed by atoms with Crippen molar-refractivity contribution in [2.24, 2.45) is 0 Å². The number of carbonyl (C=O) groups excluding carboxylic acids is 2. The summed E-state index contributed by atoms with van der Waals surface area (Å²) in [5, 5.41) is 10.2. The zero-order valence-electron chi connectivity index (χ0n) is 17.0. The zero-order chi connectivity index (χ0) is 21.2. The highest BCUT2D eigenvalue weighted by Crippen LogP contribution is 2.32. The fraction of sp³-hybridized carbons (Fsp3) is 0.304. The highest BCUT2D eigenvalue weighted by atomic mass is 16.6. The number of fused-ring (bicyclic) bond motifs is 1. The Balaban J connectivity index is 2.24. The van der Waals surface area contributed by atoms with Crippen molar-refractivity contribution in [3.8, 4) is 0 Å². The van der Waals surface area contributed by atoms with E-state index >= 15 is 0 Å². The summed E-state index contributed by atoms with van der Waals surface area (Å²) in [6.45, 7) is 6.60. The van der Waals surface area contributed by atoms with Gasteiger partial charge in [-0.25, -0.2) is 9.36 Å². The second kappa shape index (κ2) is 8.09. The van der Waals surface area contributed by atoms with Crippen LogP contribution in [0.2, 0.25) is 0 Å². The largest absolute Gasteiger partial charge is 0.451 e. The molecule has 152 valence electrons. The second-order valence-corrected chi connectivity index (χ2v) is 7.84. The van der Waals surface area contributed by atoms with Crippen LogP contribution in [-0.2, 0) is 20.9 Å². The molecule has 2 aromatic carbocycles. The fourth-order valence-corrected chi connectivity index (χ4v) is 3.18. The number of rotatable bonds is 4. The van der Waals surface area contributed by atoms with Crippen molar-refractivity contribution >= 4 is 23.0 Å². The van der Waals surface area contributed by atoms with Crippen LogP contribution in [0.1, 0.15) is 50.6 Å². The second-order valence-electron chi connectivity index (χ2n) is 7.84. The van der Waals surface area contributed by atoms with Gasteiger partial charge in [0.1, 0.15) is 5.60 Å². The molecule has 0 aliphatic carbocycles. The molecular weight excluding hydrogens is 370 g/mol. The molecule has 0 aliphatic heterocycles. The number of esters is 1. The molecule has 0 amide bonds. The summed E-state index contributed by atoms with van der Waals surface area (Å²) in [4.78, 5) is 24.9. The van der Waals surface area contributed by atoms with E-state index in [9.17, 15) is 14.7 Å². The lowest BCUT2D eigenvalue weighted by atomic mass is 10.1. The van der Waals surface area contributed by atoms with Crippen LogP contribution in [-0.4, -0.2) is 27.3 Å². The summed E-state index contributed by atoms with van der Waals surface area (Å²) in [6, 6.07) is 16.3. The molecule has 1 aromatic heterocycles. The Kier molecular flexibility index (Phi) is 5.75. The van der Waals surface area contributed by atoms with Crippen molar-refractivity contribution in [3.05, 3.63) is 71.4 Å². The topological polar surface area (TPSA) is 77.8 Å². The first-order valence-corrected chi connectivity index (χ1v) is 9.40. The number of hydrogen-bond acceptors (Lipinski definition) is 5. The SMILES string of the molecule is CC(=O)OC(c1ccccc1)c1cc2cc(CO)ccc2n1C(=O)OC(C)(C)C. The Bertz CT molecular complexity index is 1030. The lowest BCUT2D eigenvalue weighted by molar-refractivity contribution is -0.145. The lowest BCUT2D eigenvalue weighted by Gasteiger charge is -2.23. The number of nitrogens with zero attached hydrogens (tertiary/aromatic N) is 1. The molecule has 1 heterocycles. The summed E-state index contributed by atoms with van der Waals surface area (Å²) in [7, 11) is 0. The van der Waals surface area contributed by atoms with Crippen LogP contribution in [0.15, 0.2) is 54.6 Å².